The summed E-state index contributed by atoms with van der Waals surface area (Å²) in [5.41, 5.74) is 0.679. The fourth-order valence-electron chi connectivity index (χ4n) is 1.34. The van der Waals surface area contributed by atoms with E-state index in [2.05, 4.69) is 10.3 Å². The molecule has 1 amide bonds. The van der Waals surface area contributed by atoms with Gasteiger partial charge in [0, 0.05) is 18.1 Å². The zero-order chi connectivity index (χ0) is 10.1. The number of nitro groups is 1. The van der Waals surface area contributed by atoms with E-state index in [1.807, 2.05) is 0 Å². The van der Waals surface area contributed by atoms with Crippen molar-refractivity contribution in [2.24, 2.45) is 0 Å². The van der Waals surface area contributed by atoms with Gasteiger partial charge in [0.1, 0.15) is 12.0 Å². The highest BCUT2D eigenvalue weighted by Crippen LogP contribution is 2.23. The Morgan fingerprint density at radius 2 is 2.29 bits per heavy atom. The lowest BCUT2D eigenvalue weighted by molar-refractivity contribution is -0.385. The number of fused-ring (bicyclic) bond motifs is 1. The third kappa shape index (κ3) is 1.41. The Morgan fingerprint density at radius 1 is 1.50 bits per heavy atom. The van der Waals surface area contributed by atoms with Gasteiger partial charge in [0.15, 0.2) is 0 Å². The molecule has 14 heavy (non-hydrogen) atoms. The lowest BCUT2D eigenvalue weighted by atomic mass is 10.1. The van der Waals surface area contributed by atoms with Gasteiger partial charge >= 0.3 is 0 Å². The van der Waals surface area contributed by atoms with Crippen LogP contribution < -0.4 is 5.32 Å². The molecule has 0 spiro atoms. The Bertz CT molecular complexity index is 416. The fourth-order valence-corrected chi connectivity index (χ4v) is 1.34. The van der Waals surface area contributed by atoms with Gasteiger partial charge in [-0.2, -0.15) is 0 Å². The number of aryl methyl sites for hydroxylation is 1. The second kappa shape index (κ2) is 3.06. The molecule has 0 saturated carbocycles. The molecular weight excluding hydrogens is 186 g/mol. The second-order valence-corrected chi connectivity index (χ2v) is 3.01. The lowest BCUT2D eigenvalue weighted by Gasteiger charge is -2.14. The number of nitrogens with one attached hydrogen (secondary N) is 1. The third-order valence-electron chi connectivity index (χ3n) is 2.04. The van der Waals surface area contributed by atoms with Crippen LogP contribution in [0, 0.1) is 10.1 Å². The summed E-state index contributed by atoms with van der Waals surface area (Å²) in [5.74, 6) is 0.339. The largest absolute Gasteiger partial charge is 0.310 e. The van der Waals surface area contributed by atoms with E-state index in [1.165, 1.54) is 6.07 Å². The molecule has 2 heterocycles. The number of amides is 1. The molecule has 2 rings (SSSR count). The van der Waals surface area contributed by atoms with Crippen molar-refractivity contribution in [2.45, 2.75) is 12.8 Å². The van der Waals surface area contributed by atoms with Crippen LogP contribution >= 0.6 is 0 Å². The summed E-state index contributed by atoms with van der Waals surface area (Å²) in [6.07, 6.45) is 2.01. The Kier molecular flexibility index (Phi) is 1.88. The van der Waals surface area contributed by atoms with Crippen molar-refractivity contribution in [3.63, 3.8) is 0 Å². The number of hydrogen-bond acceptors (Lipinski definition) is 4. The number of nitrogens with zero attached hydrogens (tertiary/aromatic N) is 2. The highest BCUT2D eigenvalue weighted by atomic mass is 16.6. The minimum absolute atomic E-state index is 0.0418. The third-order valence-corrected chi connectivity index (χ3v) is 2.04. The van der Waals surface area contributed by atoms with Gasteiger partial charge < -0.3 is 5.32 Å². The van der Waals surface area contributed by atoms with Crippen LogP contribution in [0.25, 0.3) is 0 Å². The molecule has 0 aliphatic carbocycles. The van der Waals surface area contributed by atoms with Crippen molar-refractivity contribution in [2.75, 3.05) is 5.32 Å². The predicted molar refractivity (Wildman–Crippen MR) is 47.8 cm³/mol. The molecule has 0 saturated heterocycles. The van der Waals surface area contributed by atoms with Crippen molar-refractivity contribution < 1.29 is 9.72 Å². The molecule has 0 unspecified atom stereocenters. The Balaban J connectivity index is 2.41. The van der Waals surface area contributed by atoms with Gasteiger partial charge in [-0.15, -0.1) is 0 Å². The number of aromatic nitrogens is 1. The first-order valence-corrected chi connectivity index (χ1v) is 4.10. The zero-order valence-corrected chi connectivity index (χ0v) is 7.19. The van der Waals surface area contributed by atoms with Crippen molar-refractivity contribution >= 4 is 17.4 Å². The molecule has 6 heteroatoms. The molecule has 0 bridgehead atoms. The van der Waals surface area contributed by atoms with Crippen molar-refractivity contribution in [3.8, 4) is 0 Å². The van der Waals surface area contributed by atoms with Crippen LogP contribution in [-0.4, -0.2) is 15.8 Å². The predicted octanol–water partition coefficient (Wildman–Crippen LogP) is 0.874. The summed E-state index contributed by atoms with van der Waals surface area (Å²) < 4.78 is 0. The number of hydrogen-bond donors (Lipinski definition) is 1. The van der Waals surface area contributed by atoms with Crippen LogP contribution in [0.15, 0.2) is 12.3 Å². The van der Waals surface area contributed by atoms with Gasteiger partial charge in [0.25, 0.3) is 5.69 Å². The maximum absolute atomic E-state index is 11.0. The van der Waals surface area contributed by atoms with E-state index < -0.39 is 4.92 Å². The normalized spacial score (nSPS) is 14.4. The summed E-state index contributed by atoms with van der Waals surface area (Å²) in [6.45, 7) is 0. The summed E-state index contributed by atoms with van der Waals surface area (Å²) >= 11 is 0. The fraction of sp³-hybridized carbons (Fsp3) is 0.250. The van der Waals surface area contributed by atoms with E-state index in [0.717, 1.165) is 11.8 Å². The van der Waals surface area contributed by atoms with Crippen LogP contribution in [-0.2, 0) is 11.2 Å². The zero-order valence-electron chi connectivity index (χ0n) is 7.19. The van der Waals surface area contributed by atoms with E-state index in [1.54, 1.807) is 0 Å². The second-order valence-electron chi connectivity index (χ2n) is 3.01. The highest BCUT2D eigenvalue weighted by Gasteiger charge is 2.18. The maximum atomic E-state index is 11.0. The van der Waals surface area contributed by atoms with E-state index in [0.29, 0.717) is 18.7 Å². The monoisotopic (exact) mass is 193 g/mol. The van der Waals surface area contributed by atoms with Crippen LogP contribution in [0.4, 0.5) is 11.5 Å². The molecule has 6 nitrogen and oxygen atoms in total. The van der Waals surface area contributed by atoms with Gasteiger partial charge in [-0.05, 0) is 6.42 Å². The standard InChI is InChI=1S/C8H7N3O3/c12-7-2-1-5-3-6(11(13)14)4-9-8(5)10-7/h3-4H,1-2H2,(H,9,10,12). The van der Waals surface area contributed by atoms with Gasteiger partial charge in [0.05, 0.1) is 4.92 Å². The number of anilines is 1. The molecular formula is C8H7N3O3. The van der Waals surface area contributed by atoms with Gasteiger partial charge in [-0.3, -0.25) is 14.9 Å². The number of pyridine rings is 1. The summed E-state index contributed by atoms with van der Waals surface area (Å²) in [5, 5.41) is 13.0. The van der Waals surface area contributed by atoms with E-state index in [4.69, 9.17) is 0 Å². The van der Waals surface area contributed by atoms with Gasteiger partial charge in [-0.25, -0.2) is 4.98 Å². The Morgan fingerprint density at radius 3 is 3.00 bits per heavy atom. The molecule has 0 radical (unpaired) electrons. The average molecular weight is 193 g/mol. The average Bonchev–Trinajstić information content (AvgIpc) is 2.16. The Hall–Kier alpha value is -1.98. The lowest BCUT2D eigenvalue weighted by Crippen LogP contribution is -2.20. The summed E-state index contributed by atoms with van der Waals surface area (Å²) in [7, 11) is 0. The van der Waals surface area contributed by atoms with Gasteiger partial charge in [0.2, 0.25) is 5.91 Å². The summed E-state index contributed by atoms with van der Waals surface area (Å²) in [6, 6.07) is 1.45. The molecule has 72 valence electrons. The van der Waals surface area contributed by atoms with Gasteiger partial charge in [-0.1, -0.05) is 0 Å². The first-order valence-electron chi connectivity index (χ1n) is 4.10. The number of carbonyl (C=O) groups excluding carboxylic acids is 1. The molecule has 1 aromatic rings. The van der Waals surface area contributed by atoms with E-state index >= 15 is 0 Å². The minimum Gasteiger partial charge on any atom is -0.310 e. The van der Waals surface area contributed by atoms with E-state index in [-0.39, 0.29) is 11.6 Å². The Labute approximate surface area is 79.1 Å². The van der Waals surface area contributed by atoms with Crippen molar-refractivity contribution in [1.82, 2.24) is 4.98 Å². The first-order chi connectivity index (χ1) is 6.66. The quantitative estimate of drug-likeness (QED) is 0.529. The first kappa shape index (κ1) is 8.61. The van der Waals surface area contributed by atoms with Crippen LogP contribution in [0.1, 0.15) is 12.0 Å². The maximum Gasteiger partial charge on any atom is 0.288 e. The van der Waals surface area contributed by atoms with Crippen LogP contribution in [0.2, 0.25) is 0 Å². The highest BCUT2D eigenvalue weighted by molar-refractivity contribution is 5.92. The molecule has 1 aromatic heterocycles. The van der Waals surface area contributed by atoms with E-state index in [9.17, 15) is 14.9 Å². The number of carbonyl (C=O) groups is 1. The van der Waals surface area contributed by atoms with Crippen molar-refractivity contribution in [3.05, 3.63) is 27.9 Å². The smallest absolute Gasteiger partial charge is 0.288 e. The summed E-state index contributed by atoms with van der Waals surface area (Å²) in [4.78, 5) is 24.7. The molecule has 1 aliphatic rings. The van der Waals surface area contributed by atoms with Crippen molar-refractivity contribution in [1.29, 1.82) is 0 Å². The topological polar surface area (TPSA) is 85.1 Å². The minimum atomic E-state index is -0.496. The SMILES string of the molecule is O=C1CCc2cc([N+](=O)[O-])cnc2N1. The molecule has 0 aromatic carbocycles. The molecule has 0 atom stereocenters. The number of rotatable bonds is 1. The molecule has 1 N–H and O–H groups in total. The molecule has 1 aliphatic heterocycles. The van der Waals surface area contributed by atoms with Crippen LogP contribution in [0.3, 0.4) is 0 Å². The van der Waals surface area contributed by atoms with Crippen LogP contribution in [0.5, 0.6) is 0 Å². The molecule has 0 fully saturated rings.